The molecule has 1 atom stereocenters. The molecule has 2 heterocycles. The highest BCUT2D eigenvalue weighted by atomic mass is 16.5. The number of carbonyl (C=O) groups is 1. The molecule has 1 amide bonds. The highest BCUT2D eigenvalue weighted by Crippen LogP contribution is 2.27. The maximum atomic E-state index is 12.7. The first-order valence-electron chi connectivity index (χ1n) is 10.7. The summed E-state index contributed by atoms with van der Waals surface area (Å²) in [6.07, 6.45) is 7.97. The second-order valence-corrected chi connectivity index (χ2v) is 8.28. The van der Waals surface area contributed by atoms with Crippen LogP contribution in [0.2, 0.25) is 0 Å². The number of amides is 1. The molecule has 154 valence electrons. The minimum Gasteiger partial charge on any atom is -0.388 e. The Morgan fingerprint density at radius 2 is 1.96 bits per heavy atom. The van der Waals surface area contributed by atoms with E-state index in [2.05, 4.69) is 15.6 Å². The van der Waals surface area contributed by atoms with Crippen molar-refractivity contribution in [2.45, 2.75) is 69.9 Å². The summed E-state index contributed by atoms with van der Waals surface area (Å²) in [5.74, 6) is 1.31. The molecule has 0 aromatic rings. The van der Waals surface area contributed by atoms with Gasteiger partial charge in [-0.3, -0.25) is 9.79 Å². The number of hydrogen-bond acceptors (Lipinski definition) is 4. The van der Waals surface area contributed by atoms with E-state index in [9.17, 15) is 9.90 Å². The average molecular weight is 381 g/mol. The molecule has 3 N–H and O–H groups in total. The second-order valence-electron chi connectivity index (χ2n) is 8.28. The van der Waals surface area contributed by atoms with Gasteiger partial charge < -0.3 is 25.4 Å². The van der Waals surface area contributed by atoms with Crippen LogP contribution < -0.4 is 10.6 Å². The SMILES string of the molecule is CCNC(=NCC1(O)CCOCC1)NC1CCN(C(=O)C2CCCCC2)C1. The minimum absolute atomic E-state index is 0.222. The fraction of sp³-hybridized carbons (Fsp3) is 0.900. The smallest absolute Gasteiger partial charge is 0.225 e. The molecule has 3 fully saturated rings. The Balaban J connectivity index is 1.50. The number of likely N-dealkylation sites (tertiary alicyclic amines) is 1. The molecular formula is C20H36N4O3. The summed E-state index contributed by atoms with van der Waals surface area (Å²) in [7, 11) is 0. The molecule has 3 rings (SSSR count). The summed E-state index contributed by atoms with van der Waals surface area (Å²) in [6.45, 7) is 5.95. The fourth-order valence-corrected chi connectivity index (χ4v) is 4.34. The maximum Gasteiger partial charge on any atom is 0.225 e. The molecule has 0 aromatic heterocycles. The number of nitrogens with zero attached hydrogens (tertiary/aromatic N) is 2. The van der Waals surface area contributed by atoms with E-state index in [4.69, 9.17) is 4.74 Å². The van der Waals surface area contributed by atoms with Crippen molar-refractivity contribution in [1.82, 2.24) is 15.5 Å². The lowest BCUT2D eigenvalue weighted by Gasteiger charge is -2.31. The molecule has 2 saturated heterocycles. The van der Waals surface area contributed by atoms with Crippen LogP contribution in [-0.2, 0) is 9.53 Å². The number of guanidine groups is 1. The Hall–Kier alpha value is -1.34. The molecule has 0 bridgehead atoms. The minimum atomic E-state index is -0.765. The van der Waals surface area contributed by atoms with Crippen molar-refractivity contribution in [3.63, 3.8) is 0 Å². The van der Waals surface area contributed by atoms with Gasteiger partial charge in [-0.05, 0) is 26.2 Å². The number of carbonyl (C=O) groups excluding carboxylic acids is 1. The molecule has 7 nitrogen and oxygen atoms in total. The van der Waals surface area contributed by atoms with Crippen molar-refractivity contribution in [1.29, 1.82) is 0 Å². The van der Waals surface area contributed by atoms with Gasteiger partial charge >= 0.3 is 0 Å². The van der Waals surface area contributed by atoms with E-state index in [1.54, 1.807) is 0 Å². The third-order valence-electron chi connectivity index (χ3n) is 6.09. The average Bonchev–Trinajstić information content (AvgIpc) is 3.15. The summed E-state index contributed by atoms with van der Waals surface area (Å²) in [4.78, 5) is 19.4. The second kappa shape index (κ2) is 9.73. The number of hydrogen-bond donors (Lipinski definition) is 3. The van der Waals surface area contributed by atoms with E-state index in [-0.39, 0.29) is 12.0 Å². The van der Waals surface area contributed by atoms with Gasteiger partial charge in [0.15, 0.2) is 5.96 Å². The van der Waals surface area contributed by atoms with E-state index in [0.717, 1.165) is 44.9 Å². The third-order valence-corrected chi connectivity index (χ3v) is 6.09. The summed E-state index contributed by atoms with van der Waals surface area (Å²) < 4.78 is 5.33. The zero-order valence-electron chi connectivity index (χ0n) is 16.7. The molecular weight excluding hydrogens is 344 g/mol. The van der Waals surface area contributed by atoms with Crippen LogP contribution in [0.4, 0.5) is 0 Å². The van der Waals surface area contributed by atoms with Crippen LogP contribution in [0, 0.1) is 5.92 Å². The van der Waals surface area contributed by atoms with Gasteiger partial charge in [0, 0.05) is 57.6 Å². The van der Waals surface area contributed by atoms with Crippen molar-refractivity contribution in [3.8, 4) is 0 Å². The predicted molar refractivity (Wildman–Crippen MR) is 106 cm³/mol. The Kier molecular flexibility index (Phi) is 7.35. The highest BCUT2D eigenvalue weighted by Gasteiger charge is 2.32. The molecule has 0 aromatic carbocycles. The normalized spacial score (nSPS) is 26.8. The summed E-state index contributed by atoms with van der Waals surface area (Å²) >= 11 is 0. The first-order valence-corrected chi connectivity index (χ1v) is 10.7. The molecule has 1 saturated carbocycles. The Bertz CT molecular complexity index is 513. The molecule has 0 spiro atoms. The monoisotopic (exact) mass is 380 g/mol. The number of ether oxygens (including phenoxy) is 1. The van der Waals surface area contributed by atoms with Crippen LogP contribution in [0.15, 0.2) is 4.99 Å². The van der Waals surface area contributed by atoms with Gasteiger partial charge in [-0.2, -0.15) is 0 Å². The molecule has 1 unspecified atom stereocenters. The fourth-order valence-electron chi connectivity index (χ4n) is 4.34. The van der Waals surface area contributed by atoms with E-state index in [1.807, 2.05) is 11.8 Å². The zero-order valence-corrected chi connectivity index (χ0v) is 16.7. The van der Waals surface area contributed by atoms with Crippen LogP contribution in [0.3, 0.4) is 0 Å². The number of nitrogens with one attached hydrogen (secondary N) is 2. The van der Waals surface area contributed by atoms with Gasteiger partial charge in [0.2, 0.25) is 5.91 Å². The van der Waals surface area contributed by atoms with Gasteiger partial charge in [-0.1, -0.05) is 19.3 Å². The Morgan fingerprint density at radius 1 is 1.22 bits per heavy atom. The van der Waals surface area contributed by atoms with Gasteiger partial charge in [0.25, 0.3) is 0 Å². The lowest BCUT2D eigenvalue weighted by molar-refractivity contribution is -0.135. The summed E-state index contributed by atoms with van der Waals surface area (Å²) in [6, 6.07) is 0.222. The largest absolute Gasteiger partial charge is 0.388 e. The number of aliphatic hydroxyl groups is 1. The molecule has 0 radical (unpaired) electrons. The quantitative estimate of drug-likeness (QED) is 0.494. The van der Waals surface area contributed by atoms with Gasteiger partial charge in [0.1, 0.15) is 0 Å². The lowest BCUT2D eigenvalue weighted by Crippen LogP contribution is -2.47. The van der Waals surface area contributed by atoms with E-state index >= 15 is 0 Å². The third kappa shape index (κ3) is 5.82. The number of aliphatic imine (C=N–C) groups is 1. The molecule has 1 aliphatic carbocycles. The summed E-state index contributed by atoms with van der Waals surface area (Å²) in [5, 5.41) is 17.3. The summed E-state index contributed by atoms with van der Waals surface area (Å²) in [5.41, 5.74) is -0.765. The van der Waals surface area contributed by atoms with Crippen molar-refractivity contribution >= 4 is 11.9 Å². The zero-order chi connectivity index (χ0) is 19.1. The predicted octanol–water partition coefficient (Wildman–Crippen LogP) is 1.26. The van der Waals surface area contributed by atoms with Crippen molar-refractivity contribution in [2.75, 3.05) is 39.4 Å². The van der Waals surface area contributed by atoms with E-state index in [1.165, 1.54) is 19.3 Å². The molecule has 2 aliphatic heterocycles. The van der Waals surface area contributed by atoms with Gasteiger partial charge in [-0.15, -0.1) is 0 Å². The van der Waals surface area contributed by atoms with Gasteiger partial charge in [0.05, 0.1) is 12.1 Å². The standard InChI is InChI=1S/C20H36N4O3/c1-2-21-19(22-15-20(26)9-12-27-13-10-20)23-17-8-11-24(14-17)18(25)16-6-4-3-5-7-16/h16-17,26H,2-15H2,1H3,(H2,21,22,23). The van der Waals surface area contributed by atoms with E-state index in [0.29, 0.717) is 38.5 Å². The Labute approximate surface area is 162 Å². The van der Waals surface area contributed by atoms with Crippen LogP contribution in [0.5, 0.6) is 0 Å². The van der Waals surface area contributed by atoms with E-state index < -0.39 is 5.60 Å². The van der Waals surface area contributed by atoms with Crippen molar-refractivity contribution in [2.24, 2.45) is 10.9 Å². The first-order chi connectivity index (χ1) is 13.1. The highest BCUT2D eigenvalue weighted by molar-refractivity contribution is 5.81. The van der Waals surface area contributed by atoms with Crippen molar-refractivity contribution in [3.05, 3.63) is 0 Å². The van der Waals surface area contributed by atoms with Crippen molar-refractivity contribution < 1.29 is 14.6 Å². The van der Waals surface area contributed by atoms with Crippen LogP contribution in [0.1, 0.15) is 58.3 Å². The van der Waals surface area contributed by atoms with Gasteiger partial charge in [-0.25, -0.2) is 0 Å². The first kappa shape index (κ1) is 20.4. The van der Waals surface area contributed by atoms with Crippen LogP contribution in [0.25, 0.3) is 0 Å². The maximum absolute atomic E-state index is 12.7. The lowest BCUT2D eigenvalue weighted by atomic mass is 9.88. The molecule has 7 heteroatoms. The Morgan fingerprint density at radius 3 is 2.67 bits per heavy atom. The van der Waals surface area contributed by atoms with Crippen LogP contribution in [-0.4, -0.2) is 72.9 Å². The molecule has 27 heavy (non-hydrogen) atoms. The van der Waals surface area contributed by atoms with Crippen LogP contribution >= 0.6 is 0 Å². The number of rotatable bonds is 5. The topological polar surface area (TPSA) is 86.2 Å². The molecule has 3 aliphatic rings.